The molecule has 6 aromatic rings. The van der Waals surface area contributed by atoms with Crippen LogP contribution in [0.5, 0.6) is 5.75 Å². The summed E-state index contributed by atoms with van der Waals surface area (Å²) in [5.41, 5.74) is 13.5. The Morgan fingerprint density at radius 1 is 0.564 bits per heavy atom. The number of hydrogen-bond acceptors (Lipinski definition) is 18. The number of carboxylic acids is 1. The molecule has 540 valence electrons. The number of aliphatic carboxylic acids is 1. The van der Waals surface area contributed by atoms with E-state index in [1.54, 1.807) is 74.6 Å². The smallest absolute Gasteiger partial charge is 0.326 e. The predicted octanol–water partition coefficient (Wildman–Crippen LogP) is -3.33. The topological polar surface area (TPSA) is 531 Å². The van der Waals surface area contributed by atoms with E-state index in [1.807, 2.05) is 0 Å². The average Bonchev–Trinajstić information content (AvgIpc) is 1.66. The molecule has 1 aliphatic rings. The molecule has 11 atom stereocenters. The number of aliphatic hydroxyl groups is 1. The van der Waals surface area contributed by atoms with Crippen LogP contribution in [0.3, 0.4) is 0 Å². The molecule has 0 saturated carbocycles. The first kappa shape index (κ1) is 76.8. The molecule has 0 bridgehead atoms. The second-order valence-electron chi connectivity index (χ2n) is 24.9. The van der Waals surface area contributed by atoms with E-state index >= 15 is 9.59 Å². The summed E-state index contributed by atoms with van der Waals surface area (Å²) in [4.78, 5) is 198. The lowest BCUT2D eigenvalue weighted by atomic mass is 10.0. The number of likely N-dealkylation sites (tertiary alicyclic amines) is 1. The SMILES string of the molecule is CC(C)C[C@H](NC(=O)[C@H](C)NC(=O)[C@H](Cc1c[nH]cn1)NC(=O)[C@H](Cc1c[nH]c2ccccc12)NC(=O)[C@H](Cc1c[nH]cn1)NC(=O)[C@H](Cc1ccccc1)NC(=O)[C@@H](NC(=O)[C@H](Cc1ccc(O)cc1)NC(=O)CNC(=O)CN)[C@@H](C)O)C(=O)N[C@@H](CC(N)=O)C(=O)N1CCC[C@H]1C(=O)O. The van der Waals surface area contributed by atoms with E-state index in [-0.39, 0.29) is 74.5 Å². The number of rotatable bonds is 37. The molecular weight excluding hydrogens is 1310 g/mol. The molecule has 0 spiro atoms. The van der Waals surface area contributed by atoms with Gasteiger partial charge in [-0.15, -0.1) is 0 Å². The van der Waals surface area contributed by atoms with Gasteiger partial charge in [0.2, 0.25) is 70.9 Å². The van der Waals surface area contributed by atoms with E-state index in [9.17, 15) is 68.1 Å². The van der Waals surface area contributed by atoms with Gasteiger partial charge in [0.05, 0.1) is 49.7 Å². The molecule has 34 heteroatoms. The number of primary amides is 1. The zero-order valence-corrected chi connectivity index (χ0v) is 56.0. The molecule has 0 unspecified atom stereocenters. The van der Waals surface area contributed by atoms with Crippen LogP contribution in [0.15, 0.2) is 110 Å². The van der Waals surface area contributed by atoms with Gasteiger partial charge in [0.25, 0.3) is 0 Å². The number of aliphatic hydroxyl groups excluding tert-OH is 1. The number of amides is 12. The maximum atomic E-state index is 15.1. The maximum absolute atomic E-state index is 15.1. The number of carbonyl (C=O) groups excluding carboxylic acids is 12. The molecular formula is C67H86N18O16. The third-order valence-electron chi connectivity index (χ3n) is 16.5. The second-order valence-corrected chi connectivity index (χ2v) is 24.9. The normalized spacial score (nSPS) is 15.7. The van der Waals surface area contributed by atoms with Gasteiger partial charge in [0.1, 0.15) is 66.2 Å². The monoisotopic (exact) mass is 1400 g/mol. The van der Waals surface area contributed by atoms with Crippen LogP contribution in [0.2, 0.25) is 0 Å². The number of nitrogens with one attached hydrogen (secondary N) is 13. The lowest BCUT2D eigenvalue weighted by Gasteiger charge is -2.29. The van der Waals surface area contributed by atoms with Crippen molar-refractivity contribution >= 4 is 87.8 Å². The summed E-state index contributed by atoms with van der Waals surface area (Å²) in [6.07, 6.45) is 4.02. The van der Waals surface area contributed by atoms with Gasteiger partial charge >= 0.3 is 5.97 Å². The van der Waals surface area contributed by atoms with Crippen molar-refractivity contribution in [2.75, 3.05) is 19.6 Å². The number of nitrogens with two attached hydrogens (primary N) is 2. The third kappa shape index (κ3) is 23.0. The van der Waals surface area contributed by atoms with E-state index in [2.05, 4.69) is 78.1 Å². The molecule has 4 heterocycles. The highest BCUT2D eigenvalue weighted by Gasteiger charge is 2.41. The Bertz CT molecular complexity index is 3870. The van der Waals surface area contributed by atoms with Gasteiger partial charge in [-0.1, -0.05) is 74.5 Å². The minimum atomic E-state index is -1.80. The molecule has 1 fully saturated rings. The lowest BCUT2D eigenvalue weighted by Crippen LogP contribution is -2.62. The molecule has 0 aliphatic carbocycles. The van der Waals surface area contributed by atoms with Crippen molar-refractivity contribution in [1.82, 2.24) is 83.0 Å². The molecule has 20 N–H and O–H groups in total. The molecule has 7 rings (SSSR count). The standard InChI is InChI=1S/C67H86N18O16/c1-35(2)21-46(60(93)83-52(27-54(69)88)66(99)85-20-10-15-53(85)67(100)101)78-58(91)36(3)76-59(92)50(25-41-30-70-33-74-41)80-62(95)49(24-40-29-72-45-14-9-8-13-44(40)45)79-63(96)51(26-42-31-71-34-75-42)81-61(94)48(22-38-11-6-5-7-12-38)82-65(98)57(37(4)86)84-64(97)47(23-39-16-18-43(87)19-17-39)77-56(90)32-73-55(89)28-68/h5-9,11-14,16-19,29-31,33-37,46-53,57,72,86-87H,10,15,20-28,32,68H2,1-4H3,(H2,69,88)(H,70,74)(H,71,75)(H,73,89)(H,76,92)(H,77,90)(H,78,91)(H,79,96)(H,80,95)(H,81,94)(H,82,98)(H,83,93)(H,84,97)(H,100,101)/t36-,37+,46-,47-,48-,49-,50-,51-,52-,53-,57-/m0/s1. The third-order valence-corrected chi connectivity index (χ3v) is 16.5. The molecule has 34 nitrogen and oxygen atoms in total. The minimum absolute atomic E-state index is 0.0146. The minimum Gasteiger partial charge on any atom is -0.508 e. The fourth-order valence-corrected chi connectivity index (χ4v) is 11.3. The van der Waals surface area contributed by atoms with Gasteiger partial charge in [-0.05, 0) is 73.9 Å². The van der Waals surface area contributed by atoms with E-state index in [1.165, 1.54) is 63.2 Å². The van der Waals surface area contributed by atoms with Gasteiger partial charge in [0.15, 0.2) is 0 Å². The summed E-state index contributed by atoms with van der Waals surface area (Å²) in [7, 11) is 0. The number of para-hydroxylation sites is 1. The number of aromatic hydroxyl groups is 1. The first-order chi connectivity index (χ1) is 48.2. The van der Waals surface area contributed by atoms with Crippen molar-refractivity contribution in [3.05, 3.63) is 138 Å². The van der Waals surface area contributed by atoms with Crippen LogP contribution >= 0.6 is 0 Å². The summed E-state index contributed by atoms with van der Waals surface area (Å²) in [6.45, 7) is 5.02. The Balaban J connectivity index is 1.13. The highest BCUT2D eigenvalue weighted by atomic mass is 16.4. The van der Waals surface area contributed by atoms with Crippen LogP contribution in [0.4, 0.5) is 0 Å². The summed E-state index contributed by atoms with van der Waals surface area (Å²) in [6, 6.07) is 5.97. The molecule has 0 radical (unpaired) electrons. The van der Waals surface area contributed by atoms with Crippen molar-refractivity contribution in [3.63, 3.8) is 0 Å². The Labute approximate surface area is 579 Å². The number of fused-ring (bicyclic) bond motifs is 1. The quantitative estimate of drug-likeness (QED) is 0.0181. The van der Waals surface area contributed by atoms with E-state index in [4.69, 9.17) is 11.5 Å². The maximum Gasteiger partial charge on any atom is 0.326 e. The predicted molar refractivity (Wildman–Crippen MR) is 361 cm³/mol. The fourth-order valence-electron chi connectivity index (χ4n) is 11.3. The molecule has 3 aromatic carbocycles. The van der Waals surface area contributed by atoms with Crippen molar-refractivity contribution in [1.29, 1.82) is 0 Å². The summed E-state index contributed by atoms with van der Waals surface area (Å²) in [5, 5.41) is 57.1. The molecule has 3 aromatic heterocycles. The lowest BCUT2D eigenvalue weighted by molar-refractivity contribution is -0.149. The first-order valence-electron chi connectivity index (χ1n) is 32.7. The summed E-state index contributed by atoms with van der Waals surface area (Å²) >= 11 is 0. The number of aromatic nitrogens is 5. The number of hydrogen-bond donors (Lipinski definition) is 18. The van der Waals surface area contributed by atoms with Crippen LogP contribution in [0, 0.1) is 5.92 Å². The van der Waals surface area contributed by atoms with Gasteiger partial charge in [-0.25, -0.2) is 14.8 Å². The number of benzene rings is 3. The van der Waals surface area contributed by atoms with Gasteiger partial charge in [-0.3, -0.25) is 57.5 Å². The molecule has 101 heavy (non-hydrogen) atoms. The average molecular weight is 1400 g/mol. The highest BCUT2D eigenvalue weighted by Crippen LogP contribution is 2.22. The Morgan fingerprint density at radius 3 is 1.62 bits per heavy atom. The van der Waals surface area contributed by atoms with E-state index in [0.29, 0.717) is 34.0 Å². The zero-order valence-electron chi connectivity index (χ0n) is 56.0. The van der Waals surface area contributed by atoms with Gasteiger partial charge in [0, 0.05) is 68.1 Å². The number of aromatic amines is 3. The van der Waals surface area contributed by atoms with E-state index < -0.39 is 163 Å². The number of phenols is 1. The van der Waals surface area contributed by atoms with Crippen LogP contribution in [0.1, 0.15) is 81.5 Å². The second kappa shape index (κ2) is 36.9. The van der Waals surface area contributed by atoms with Crippen LogP contribution in [-0.2, 0) is 94.4 Å². The van der Waals surface area contributed by atoms with Crippen molar-refractivity contribution in [3.8, 4) is 5.75 Å². The largest absolute Gasteiger partial charge is 0.508 e. The van der Waals surface area contributed by atoms with Gasteiger partial charge < -0.3 is 99.8 Å². The number of carboxylic acid groups (broad SMARTS) is 1. The number of imidazole rings is 2. The molecule has 12 amide bonds. The zero-order chi connectivity index (χ0) is 73.4. The highest BCUT2D eigenvalue weighted by molar-refractivity contribution is 6.00. The fraction of sp³-hybridized carbons (Fsp3) is 0.418. The Morgan fingerprint density at radius 2 is 1.07 bits per heavy atom. The van der Waals surface area contributed by atoms with Crippen LogP contribution < -0.4 is 64.6 Å². The Kier molecular flexibility index (Phi) is 28.0. The molecule has 1 saturated heterocycles. The summed E-state index contributed by atoms with van der Waals surface area (Å²) in [5.74, 6) is -12.6. The van der Waals surface area contributed by atoms with Crippen LogP contribution in [0.25, 0.3) is 10.9 Å². The Hall–Kier alpha value is -11.5. The van der Waals surface area contributed by atoms with Crippen molar-refractivity contribution < 1.29 is 77.6 Å². The molecule has 1 aliphatic heterocycles. The first-order valence-corrected chi connectivity index (χ1v) is 32.7. The van der Waals surface area contributed by atoms with Crippen molar-refractivity contribution in [2.45, 2.75) is 152 Å². The number of carbonyl (C=O) groups is 13. The number of H-pyrrole nitrogens is 3. The van der Waals surface area contributed by atoms with Gasteiger partial charge in [-0.2, -0.15) is 0 Å². The summed E-state index contributed by atoms with van der Waals surface area (Å²) < 4.78 is 0. The number of phenolic OH excluding ortho intramolecular Hbond substituents is 1. The van der Waals surface area contributed by atoms with Crippen LogP contribution in [-0.4, -0.2) is 208 Å². The van der Waals surface area contributed by atoms with E-state index in [0.717, 1.165) is 4.90 Å². The number of nitrogens with zero attached hydrogens (tertiary/aromatic N) is 3. The van der Waals surface area contributed by atoms with Crippen molar-refractivity contribution in [2.24, 2.45) is 17.4 Å².